The molecule has 0 radical (unpaired) electrons. The van der Waals surface area contributed by atoms with Gasteiger partial charge in [-0.25, -0.2) is 0 Å². The molecule has 1 heterocycles. The Morgan fingerprint density at radius 1 is 1.53 bits per heavy atom. The lowest BCUT2D eigenvalue weighted by Crippen LogP contribution is -2.09. The van der Waals surface area contributed by atoms with E-state index in [9.17, 15) is 0 Å². The van der Waals surface area contributed by atoms with Crippen LogP contribution in [0.5, 0.6) is 5.75 Å². The van der Waals surface area contributed by atoms with Gasteiger partial charge in [-0.1, -0.05) is 17.7 Å². The van der Waals surface area contributed by atoms with Gasteiger partial charge in [-0.15, -0.1) is 11.6 Å². The Hall–Kier alpha value is -0.730. The third kappa shape index (κ3) is 2.93. The van der Waals surface area contributed by atoms with E-state index in [1.807, 2.05) is 13.0 Å². The standard InChI is InChI=1S/C14H19ClO2/c1-3-17-13-5-4-10(2)8-12(13)14(15)11-6-7-16-9-11/h4-5,8,11,14H,3,6-7,9H2,1-2H3. The van der Waals surface area contributed by atoms with E-state index in [-0.39, 0.29) is 5.38 Å². The summed E-state index contributed by atoms with van der Waals surface area (Å²) in [6.07, 6.45) is 1.04. The molecule has 0 aliphatic carbocycles. The molecule has 0 spiro atoms. The Kier molecular flexibility index (Phi) is 4.30. The maximum absolute atomic E-state index is 6.57. The maximum Gasteiger partial charge on any atom is 0.123 e. The summed E-state index contributed by atoms with van der Waals surface area (Å²) in [6, 6.07) is 6.20. The molecule has 2 atom stereocenters. The highest BCUT2D eigenvalue weighted by Crippen LogP contribution is 2.39. The minimum atomic E-state index is -0.0149. The fourth-order valence-electron chi connectivity index (χ4n) is 2.21. The summed E-state index contributed by atoms with van der Waals surface area (Å²) in [5.74, 6) is 1.31. The fraction of sp³-hybridized carbons (Fsp3) is 0.571. The molecule has 2 nitrogen and oxygen atoms in total. The van der Waals surface area contributed by atoms with E-state index in [1.165, 1.54) is 5.56 Å². The summed E-state index contributed by atoms with van der Waals surface area (Å²) < 4.78 is 11.1. The van der Waals surface area contributed by atoms with Gasteiger partial charge in [-0.3, -0.25) is 0 Å². The van der Waals surface area contributed by atoms with Gasteiger partial charge in [0, 0.05) is 18.1 Å². The van der Waals surface area contributed by atoms with Gasteiger partial charge in [0.05, 0.1) is 18.6 Å². The van der Waals surface area contributed by atoms with Gasteiger partial charge in [0.2, 0.25) is 0 Å². The average molecular weight is 255 g/mol. The number of halogens is 1. The number of alkyl halides is 1. The summed E-state index contributed by atoms with van der Waals surface area (Å²) >= 11 is 6.57. The highest BCUT2D eigenvalue weighted by Gasteiger charge is 2.27. The van der Waals surface area contributed by atoms with Crippen molar-refractivity contribution in [2.45, 2.75) is 25.6 Å². The normalized spacial score (nSPS) is 21.5. The van der Waals surface area contributed by atoms with E-state index in [1.54, 1.807) is 0 Å². The lowest BCUT2D eigenvalue weighted by atomic mass is 9.96. The SMILES string of the molecule is CCOc1ccc(C)cc1C(Cl)C1CCOC1. The summed E-state index contributed by atoms with van der Waals surface area (Å²) in [4.78, 5) is 0. The molecule has 0 saturated carbocycles. The van der Waals surface area contributed by atoms with Crippen LogP contribution in [0, 0.1) is 12.8 Å². The van der Waals surface area contributed by atoms with Crippen molar-refractivity contribution < 1.29 is 9.47 Å². The third-order valence-corrected chi connectivity index (χ3v) is 3.73. The molecule has 17 heavy (non-hydrogen) atoms. The Morgan fingerprint density at radius 3 is 3.00 bits per heavy atom. The molecule has 1 aliphatic rings. The number of ether oxygens (including phenoxy) is 2. The molecule has 94 valence electrons. The number of rotatable bonds is 4. The van der Waals surface area contributed by atoms with Crippen molar-refractivity contribution in [2.75, 3.05) is 19.8 Å². The fourth-order valence-corrected chi connectivity index (χ4v) is 2.58. The van der Waals surface area contributed by atoms with E-state index in [2.05, 4.69) is 19.1 Å². The Balaban J connectivity index is 2.24. The van der Waals surface area contributed by atoms with E-state index in [0.29, 0.717) is 12.5 Å². The van der Waals surface area contributed by atoms with Gasteiger partial charge >= 0.3 is 0 Å². The van der Waals surface area contributed by atoms with Gasteiger partial charge in [0.1, 0.15) is 5.75 Å². The first-order valence-corrected chi connectivity index (χ1v) is 6.61. The van der Waals surface area contributed by atoms with Crippen LogP contribution in [-0.4, -0.2) is 19.8 Å². The molecule has 1 aliphatic heterocycles. The number of aryl methyl sites for hydroxylation is 1. The van der Waals surface area contributed by atoms with Crippen LogP contribution in [0.3, 0.4) is 0 Å². The second-order valence-electron chi connectivity index (χ2n) is 4.50. The molecule has 0 bridgehead atoms. The molecular formula is C14H19ClO2. The van der Waals surface area contributed by atoms with Crippen molar-refractivity contribution in [1.29, 1.82) is 0 Å². The van der Waals surface area contributed by atoms with Gasteiger partial charge in [0.25, 0.3) is 0 Å². The molecule has 1 saturated heterocycles. The highest BCUT2D eigenvalue weighted by atomic mass is 35.5. The second kappa shape index (κ2) is 5.74. The van der Waals surface area contributed by atoms with Crippen molar-refractivity contribution in [1.82, 2.24) is 0 Å². The Morgan fingerprint density at radius 2 is 2.35 bits per heavy atom. The zero-order valence-electron chi connectivity index (χ0n) is 10.4. The van der Waals surface area contributed by atoms with Crippen LogP contribution in [0.25, 0.3) is 0 Å². The lowest BCUT2D eigenvalue weighted by molar-refractivity contribution is 0.185. The summed E-state index contributed by atoms with van der Waals surface area (Å²) in [5, 5.41) is -0.0149. The van der Waals surface area contributed by atoms with Crippen molar-refractivity contribution in [3.8, 4) is 5.75 Å². The van der Waals surface area contributed by atoms with Crippen LogP contribution in [0.15, 0.2) is 18.2 Å². The first-order chi connectivity index (χ1) is 8.22. The van der Waals surface area contributed by atoms with E-state index in [4.69, 9.17) is 21.1 Å². The smallest absolute Gasteiger partial charge is 0.123 e. The van der Waals surface area contributed by atoms with Gasteiger partial charge < -0.3 is 9.47 Å². The minimum Gasteiger partial charge on any atom is -0.494 e. The lowest BCUT2D eigenvalue weighted by Gasteiger charge is -2.19. The molecule has 1 fully saturated rings. The van der Waals surface area contributed by atoms with Crippen molar-refractivity contribution in [2.24, 2.45) is 5.92 Å². The monoisotopic (exact) mass is 254 g/mol. The van der Waals surface area contributed by atoms with Crippen molar-refractivity contribution in [3.05, 3.63) is 29.3 Å². The predicted molar refractivity (Wildman–Crippen MR) is 69.9 cm³/mol. The van der Waals surface area contributed by atoms with E-state index >= 15 is 0 Å². The molecule has 2 unspecified atom stereocenters. The predicted octanol–water partition coefficient (Wildman–Crippen LogP) is 3.71. The quantitative estimate of drug-likeness (QED) is 0.763. The zero-order chi connectivity index (χ0) is 12.3. The van der Waals surface area contributed by atoms with Crippen LogP contribution in [0.2, 0.25) is 0 Å². The molecular weight excluding hydrogens is 236 g/mol. The molecule has 0 N–H and O–H groups in total. The van der Waals surface area contributed by atoms with E-state index in [0.717, 1.165) is 30.9 Å². The van der Waals surface area contributed by atoms with Gasteiger partial charge in [-0.2, -0.15) is 0 Å². The number of hydrogen-bond donors (Lipinski definition) is 0. The molecule has 2 rings (SSSR count). The van der Waals surface area contributed by atoms with Crippen LogP contribution in [0.1, 0.15) is 29.8 Å². The topological polar surface area (TPSA) is 18.5 Å². The zero-order valence-corrected chi connectivity index (χ0v) is 11.2. The molecule has 3 heteroatoms. The van der Waals surface area contributed by atoms with E-state index < -0.39 is 0 Å². The molecule has 0 amide bonds. The maximum atomic E-state index is 6.57. The van der Waals surface area contributed by atoms with Crippen LogP contribution in [-0.2, 0) is 4.74 Å². The largest absolute Gasteiger partial charge is 0.494 e. The van der Waals surface area contributed by atoms with Crippen LogP contribution in [0.4, 0.5) is 0 Å². The summed E-state index contributed by atoms with van der Waals surface area (Å²) in [6.45, 7) is 6.32. The number of benzene rings is 1. The van der Waals surface area contributed by atoms with Crippen molar-refractivity contribution >= 4 is 11.6 Å². The second-order valence-corrected chi connectivity index (χ2v) is 4.97. The first kappa shape index (κ1) is 12.7. The average Bonchev–Trinajstić information content (AvgIpc) is 2.84. The Bertz CT molecular complexity index is 372. The summed E-state index contributed by atoms with van der Waals surface area (Å²) in [7, 11) is 0. The number of hydrogen-bond acceptors (Lipinski definition) is 2. The van der Waals surface area contributed by atoms with Gasteiger partial charge in [0.15, 0.2) is 0 Å². The van der Waals surface area contributed by atoms with Gasteiger partial charge in [-0.05, 0) is 26.3 Å². The van der Waals surface area contributed by atoms with Crippen LogP contribution < -0.4 is 4.74 Å². The van der Waals surface area contributed by atoms with Crippen molar-refractivity contribution in [3.63, 3.8) is 0 Å². The molecule has 0 aromatic heterocycles. The highest BCUT2D eigenvalue weighted by molar-refractivity contribution is 6.21. The first-order valence-electron chi connectivity index (χ1n) is 6.17. The third-order valence-electron chi connectivity index (χ3n) is 3.14. The van der Waals surface area contributed by atoms with Crippen LogP contribution >= 0.6 is 11.6 Å². The summed E-state index contributed by atoms with van der Waals surface area (Å²) in [5.41, 5.74) is 2.32. The Labute approximate surface area is 108 Å². The molecule has 1 aromatic carbocycles. The molecule has 1 aromatic rings. The minimum absolute atomic E-state index is 0.0149.